The first-order valence-corrected chi connectivity index (χ1v) is 7.61. The molecule has 0 unspecified atom stereocenters. The van der Waals surface area contributed by atoms with Crippen molar-refractivity contribution in [1.29, 1.82) is 0 Å². The van der Waals surface area contributed by atoms with E-state index < -0.39 is 0 Å². The molecule has 0 spiro atoms. The molecule has 0 amide bonds. The molecule has 0 atom stereocenters. The molecule has 0 bridgehead atoms. The topological polar surface area (TPSA) is 71.8 Å². The summed E-state index contributed by atoms with van der Waals surface area (Å²) in [5.41, 5.74) is 7.30. The number of nitrogens with one attached hydrogen (secondary N) is 1. The molecule has 1 heterocycles. The number of hydrogen-bond acceptors (Lipinski definition) is 3. The summed E-state index contributed by atoms with van der Waals surface area (Å²) in [5.74, 6) is 0.779. The van der Waals surface area contributed by atoms with Gasteiger partial charge < -0.3 is 10.7 Å². The zero-order valence-electron chi connectivity index (χ0n) is 12.1. The van der Waals surface area contributed by atoms with Gasteiger partial charge in [0.15, 0.2) is 0 Å². The van der Waals surface area contributed by atoms with E-state index in [0.717, 1.165) is 31.5 Å². The molecule has 4 heteroatoms. The minimum Gasteiger partial charge on any atom is -0.325 e. The smallest absolute Gasteiger partial charge is 0.251 e. The molecule has 0 aliphatic heterocycles. The second-order valence-electron chi connectivity index (χ2n) is 5.80. The maximum absolute atomic E-state index is 11.9. The summed E-state index contributed by atoms with van der Waals surface area (Å²) < 4.78 is 0. The lowest BCUT2D eigenvalue weighted by atomic mass is 9.68. The van der Waals surface area contributed by atoms with Crippen molar-refractivity contribution in [2.75, 3.05) is 0 Å². The molecule has 1 aliphatic rings. The van der Waals surface area contributed by atoms with Crippen LogP contribution in [0.1, 0.15) is 49.2 Å². The summed E-state index contributed by atoms with van der Waals surface area (Å²) >= 11 is 0. The molecule has 3 N–H and O–H groups in total. The molecule has 1 fully saturated rings. The lowest BCUT2D eigenvalue weighted by Gasteiger charge is -2.37. The van der Waals surface area contributed by atoms with Crippen molar-refractivity contribution >= 4 is 0 Å². The van der Waals surface area contributed by atoms with Crippen LogP contribution in [-0.4, -0.2) is 9.97 Å². The molecule has 1 saturated carbocycles. The van der Waals surface area contributed by atoms with Gasteiger partial charge in [0.05, 0.1) is 11.1 Å². The molecule has 21 heavy (non-hydrogen) atoms. The Labute approximate surface area is 124 Å². The minimum absolute atomic E-state index is 0.110. The Morgan fingerprint density at radius 3 is 2.52 bits per heavy atom. The summed E-state index contributed by atoms with van der Waals surface area (Å²) in [6.45, 7) is 0.293. The van der Waals surface area contributed by atoms with E-state index in [1.54, 1.807) is 0 Å². The Hall–Kier alpha value is -1.94. The lowest BCUT2D eigenvalue weighted by Crippen LogP contribution is -2.35. The third kappa shape index (κ3) is 2.63. The van der Waals surface area contributed by atoms with Crippen LogP contribution in [0.15, 0.2) is 41.2 Å². The first-order chi connectivity index (χ1) is 10.2. The van der Waals surface area contributed by atoms with Crippen molar-refractivity contribution < 1.29 is 0 Å². The molecular weight excluding hydrogens is 262 g/mol. The van der Waals surface area contributed by atoms with Crippen molar-refractivity contribution in [2.45, 2.75) is 44.1 Å². The zero-order valence-corrected chi connectivity index (χ0v) is 12.1. The number of nitrogens with two attached hydrogens (primary N) is 1. The monoisotopic (exact) mass is 283 g/mol. The van der Waals surface area contributed by atoms with Crippen LogP contribution < -0.4 is 11.3 Å². The maximum atomic E-state index is 11.9. The van der Waals surface area contributed by atoms with Gasteiger partial charge in [-0.1, -0.05) is 49.6 Å². The van der Waals surface area contributed by atoms with Gasteiger partial charge in [-0.25, -0.2) is 4.98 Å². The number of hydrogen-bond donors (Lipinski definition) is 2. The Kier molecular flexibility index (Phi) is 3.88. The average Bonchev–Trinajstić information content (AvgIpc) is 2.55. The molecule has 110 valence electrons. The van der Waals surface area contributed by atoms with Gasteiger partial charge in [0, 0.05) is 12.6 Å². The van der Waals surface area contributed by atoms with Gasteiger partial charge in [-0.3, -0.25) is 4.79 Å². The fourth-order valence-electron chi connectivity index (χ4n) is 3.41. The molecule has 4 nitrogen and oxygen atoms in total. The van der Waals surface area contributed by atoms with E-state index in [4.69, 9.17) is 5.73 Å². The molecular formula is C17H21N3O. The first-order valence-electron chi connectivity index (χ1n) is 7.61. The molecule has 1 aromatic heterocycles. The van der Waals surface area contributed by atoms with Crippen LogP contribution in [0.25, 0.3) is 0 Å². The van der Waals surface area contributed by atoms with E-state index in [9.17, 15) is 4.79 Å². The second kappa shape index (κ2) is 5.82. The maximum Gasteiger partial charge on any atom is 0.251 e. The van der Waals surface area contributed by atoms with Crippen LogP contribution in [0.4, 0.5) is 0 Å². The van der Waals surface area contributed by atoms with E-state index in [-0.39, 0.29) is 11.0 Å². The van der Waals surface area contributed by atoms with Crippen LogP contribution in [-0.2, 0) is 12.0 Å². The molecule has 1 aromatic carbocycles. The van der Waals surface area contributed by atoms with E-state index >= 15 is 0 Å². The highest BCUT2D eigenvalue weighted by molar-refractivity contribution is 5.33. The summed E-state index contributed by atoms with van der Waals surface area (Å²) in [5, 5.41) is 0. The second-order valence-corrected chi connectivity index (χ2v) is 5.80. The lowest BCUT2D eigenvalue weighted by molar-refractivity contribution is 0.329. The molecule has 3 rings (SSSR count). The highest BCUT2D eigenvalue weighted by Crippen LogP contribution is 2.42. The van der Waals surface area contributed by atoms with E-state index in [1.165, 1.54) is 18.1 Å². The van der Waals surface area contributed by atoms with Crippen molar-refractivity contribution in [1.82, 2.24) is 9.97 Å². The summed E-state index contributed by atoms with van der Waals surface area (Å²) in [4.78, 5) is 19.5. The van der Waals surface area contributed by atoms with Gasteiger partial charge in [0.1, 0.15) is 5.82 Å². The van der Waals surface area contributed by atoms with Gasteiger partial charge in [0.2, 0.25) is 0 Å². The van der Waals surface area contributed by atoms with Gasteiger partial charge >= 0.3 is 0 Å². The van der Waals surface area contributed by atoms with Gasteiger partial charge in [0.25, 0.3) is 5.56 Å². The first kappa shape index (κ1) is 14.0. The number of aromatic amines is 1. The van der Waals surface area contributed by atoms with Gasteiger partial charge in [-0.05, 0) is 18.4 Å². The van der Waals surface area contributed by atoms with Crippen molar-refractivity contribution in [3.8, 4) is 0 Å². The average molecular weight is 283 g/mol. The number of aromatic nitrogens is 2. The fourth-order valence-corrected chi connectivity index (χ4v) is 3.41. The largest absolute Gasteiger partial charge is 0.325 e. The summed E-state index contributed by atoms with van der Waals surface area (Å²) in [7, 11) is 0. The van der Waals surface area contributed by atoms with Gasteiger partial charge in [-0.15, -0.1) is 0 Å². The van der Waals surface area contributed by atoms with Crippen molar-refractivity contribution in [2.24, 2.45) is 5.73 Å². The van der Waals surface area contributed by atoms with Crippen LogP contribution in [0, 0.1) is 0 Å². The molecule has 0 radical (unpaired) electrons. The van der Waals surface area contributed by atoms with Crippen LogP contribution in [0.5, 0.6) is 0 Å². The van der Waals surface area contributed by atoms with E-state index in [2.05, 4.69) is 34.2 Å². The zero-order chi connectivity index (χ0) is 14.7. The Morgan fingerprint density at radius 1 is 1.14 bits per heavy atom. The van der Waals surface area contributed by atoms with Crippen molar-refractivity contribution in [3.05, 3.63) is 63.8 Å². The standard InChI is InChI=1S/C17H21N3O/c18-12-14-11-15(21)20-16(19-14)17(9-5-2-6-10-17)13-7-3-1-4-8-13/h1,3-4,7-8,11H,2,5-6,9-10,12,18H2,(H,19,20,21). The number of nitrogens with zero attached hydrogens (tertiary/aromatic N) is 1. The third-order valence-corrected chi connectivity index (χ3v) is 4.49. The Morgan fingerprint density at radius 2 is 1.86 bits per heavy atom. The number of benzene rings is 1. The summed E-state index contributed by atoms with van der Waals surface area (Å²) in [6.07, 6.45) is 5.61. The van der Waals surface area contributed by atoms with Crippen LogP contribution >= 0.6 is 0 Å². The predicted molar refractivity (Wildman–Crippen MR) is 83.1 cm³/mol. The van der Waals surface area contributed by atoms with E-state index in [0.29, 0.717) is 12.2 Å². The molecule has 0 saturated heterocycles. The molecule has 1 aliphatic carbocycles. The highest BCUT2D eigenvalue weighted by atomic mass is 16.1. The number of rotatable bonds is 3. The number of H-pyrrole nitrogens is 1. The van der Waals surface area contributed by atoms with Crippen LogP contribution in [0.3, 0.4) is 0 Å². The summed E-state index contributed by atoms with van der Waals surface area (Å²) in [6, 6.07) is 11.9. The minimum atomic E-state index is -0.177. The van der Waals surface area contributed by atoms with Gasteiger partial charge in [-0.2, -0.15) is 0 Å². The third-order valence-electron chi connectivity index (χ3n) is 4.49. The van der Waals surface area contributed by atoms with Crippen LogP contribution in [0.2, 0.25) is 0 Å². The van der Waals surface area contributed by atoms with Crippen molar-refractivity contribution in [3.63, 3.8) is 0 Å². The SMILES string of the molecule is NCc1cc(=O)[nH]c(C2(c3ccccc3)CCCCC2)n1. The molecule has 2 aromatic rings. The highest BCUT2D eigenvalue weighted by Gasteiger charge is 2.38. The normalized spacial score (nSPS) is 17.6. The fraction of sp³-hybridized carbons (Fsp3) is 0.412. The Bertz CT molecular complexity index is 657. The Balaban J connectivity index is 2.16. The van der Waals surface area contributed by atoms with E-state index in [1.807, 2.05) is 6.07 Å². The predicted octanol–water partition coefficient (Wildman–Crippen LogP) is 2.48. The quantitative estimate of drug-likeness (QED) is 0.909.